The third-order valence-electron chi connectivity index (χ3n) is 7.98. The van der Waals surface area contributed by atoms with E-state index >= 15 is 0 Å². The second-order valence-corrected chi connectivity index (χ2v) is 15.2. The Hall–Kier alpha value is -3.05. The Morgan fingerprint density at radius 3 is 1.89 bits per heavy atom. The average molecular weight is 739 g/mol. The lowest BCUT2D eigenvalue weighted by Gasteiger charge is -2.35. The van der Waals surface area contributed by atoms with Gasteiger partial charge < -0.3 is 31.2 Å². The van der Waals surface area contributed by atoms with Crippen molar-refractivity contribution in [1.82, 2.24) is 5.06 Å². The van der Waals surface area contributed by atoms with Crippen molar-refractivity contribution < 1.29 is 40.7 Å². The SMILES string of the molecule is C[N+](C)(C)CCCSC(SCCCCCC(=O)ON1C(=O)CCC1=O)=C1c2ccccc2N(Cc2ccccc2)c2ccccc21.[Br-]. The zero-order valence-corrected chi connectivity index (χ0v) is 30.7. The van der Waals surface area contributed by atoms with Crippen LogP contribution in [0.4, 0.5) is 11.4 Å². The third-order valence-corrected chi connectivity index (χ3v) is 10.6. The predicted molar refractivity (Wildman–Crippen MR) is 189 cm³/mol. The molecule has 2 heterocycles. The number of imide groups is 1. The Morgan fingerprint density at radius 2 is 1.30 bits per heavy atom. The fraction of sp³-hybridized carbons (Fsp3) is 0.378. The normalized spacial score (nSPS) is 14.1. The number of unbranched alkanes of at least 4 members (excludes halogenated alkanes) is 2. The number of amides is 2. The van der Waals surface area contributed by atoms with E-state index < -0.39 is 17.8 Å². The van der Waals surface area contributed by atoms with Crippen molar-refractivity contribution in [2.24, 2.45) is 0 Å². The van der Waals surface area contributed by atoms with Crippen molar-refractivity contribution in [3.05, 3.63) is 99.8 Å². The molecule has 47 heavy (non-hydrogen) atoms. The number of halogens is 1. The van der Waals surface area contributed by atoms with Crippen molar-refractivity contribution in [2.75, 3.05) is 44.1 Å². The van der Waals surface area contributed by atoms with E-state index in [-0.39, 0.29) is 36.2 Å². The Morgan fingerprint density at radius 1 is 0.745 bits per heavy atom. The molecule has 0 bridgehead atoms. The number of anilines is 2. The van der Waals surface area contributed by atoms with Gasteiger partial charge in [-0.2, -0.15) is 0 Å². The monoisotopic (exact) mass is 737 g/mol. The summed E-state index contributed by atoms with van der Waals surface area (Å²) in [5.41, 5.74) is 7.53. The summed E-state index contributed by atoms with van der Waals surface area (Å²) in [6, 6.07) is 28.2. The zero-order chi connectivity index (χ0) is 32.5. The summed E-state index contributed by atoms with van der Waals surface area (Å²) in [7, 11) is 6.72. The maximum absolute atomic E-state index is 12.2. The van der Waals surface area contributed by atoms with Crippen LogP contribution in [-0.2, 0) is 25.8 Å². The molecule has 0 spiro atoms. The molecule has 10 heteroatoms. The van der Waals surface area contributed by atoms with E-state index in [9.17, 15) is 14.4 Å². The van der Waals surface area contributed by atoms with Crippen molar-refractivity contribution >= 4 is 58.3 Å². The minimum absolute atomic E-state index is 0. The van der Waals surface area contributed by atoms with Crippen LogP contribution in [0.15, 0.2) is 83.1 Å². The Bertz CT molecular complexity index is 1510. The first-order valence-corrected chi connectivity index (χ1v) is 18.1. The predicted octanol–water partition coefficient (Wildman–Crippen LogP) is 4.79. The van der Waals surface area contributed by atoms with E-state index in [2.05, 4.69) is 105 Å². The number of fused-ring (bicyclic) bond motifs is 2. The highest BCUT2D eigenvalue weighted by Crippen LogP contribution is 2.50. The first kappa shape index (κ1) is 36.8. The number of nitrogens with zero attached hydrogens (tertiary/aromatic N) is 3. The Kier molecular flexibility index (Phi) is 13.6. The number of hydrogen-bond donors (Lipinski definition) is 0. The van der Waals surface area contributed by atoms with Crippen molar-refractivity contribution in [3.63, 3.8) is 0 Å². The third kappa shape index (κ3) is 9.98. The molecule has 0 aliphatic carbocycles. The summed E-state index contributed by atoms with van der Waals surface area (Å²) in [5, 5.41) is 0.632. The van der Waals surface area contributed by atoms with Gasteiger partial charge in [0.25, 0.3) is 11.8 Å². The maximum atomic E-state index is 12.2. The summed E-state index contributed by atoms with van der Waals surface area (Å²) in [4.78, 5) is 43.2. The van der Waals surface area contributed by atoms with Crippen LogP contribution >= 0.6 is 23.5 Å². The molecule has 7 nitrogen and oxygen atoms in total. The minimum atomic E-state index is -0.526. The van der Waals surface area contributed by atoms with Gasteiger partial charge in [-0.05, 0) is 36.3 Å². The number of para-hydroxylation sites is 2. The zero-order valence-electron chi connectivity index (χ0n) is 27.5. The standard InChI is InChI=1S/C37H44N3O4S2.BrH/c1-40(2,3)24-14-26-46-37(45-25-13-5-8-21-35(43)44-39-33(41)22-23-34(39)42)36-29-17-9-11-19-31(29)38(27-28-15-6-4-7-16-28)32-20-12-10-18-30(32)36;/h4,6-7,9-12,15-20H,5,8,13-14,21-27H2,1-3H3;1H/q+1;/p-1. The fourth-order valence-electron chi connectivity index (χ4n) is 5.68. The van der Waals surface area contributed by atoms with Gasteiger partial charge >= 0.3 is 5.97 Å². The van der Waals surface area contributed by atoms with Gasteiger partial charge in [0, 0.05) is 70.3 Å². The van der Waals surface area contributed by atoms with Crippen LogP contribution in [0.2, 0.25) is 0 Å². The molecule has 1 saturated heterocycles. The molecule has 0 aromatic heterocycles. The molecule has 5 rings (SSSR count). The van der Waals surface area contributed by atoms with Crippen LogP contribution in [0.5, 0.6) is 0 Å². The number of hydroxylamine groups is 2. The van der Waals surface area contributed by atoms with E-state index in [0.717, 1.165) is 48.3 Å². The maximum Gasteiger partial charge on any atom is 0.333 e. The largest absolute Gasteiger partial charge is 1.00 e. The second kappa shape index (κ2) is 17.4. The number of carbonyl (C=O) groups is 3. The van der Waals surface area contributed by atoms with Gasteiger partial charge in [-0.1, -0.05) is 73.2 Å². The van der Waals surface area contributed by atoms with E-state index in [1.165, 1.54) is 37.9 Å². The highest BCUT2D eigenvalue weighted by molar-refractivity contribution is 8.22. The second-order valence-electron chi connectivity index (χ2n) is 12.7. The lowest BCUT2D eigenvalue weighted by Crippen LogP contribution is -3.00. The molecule has 0 saturated carbocycles. The van der Waals surface area contributed by atoms with Gasteiger partial charge in [0.1, 0.15) is 0 Å². The summed E-state index contributed by atoms with van der Waals surface area (Å²) in [6.07, 6.45) is 3.98. The van der Waals surface area contributed by atoms with Crippen molar-refractivity contribution in [3.8, 4) is 0 Å². The van der Waals surface area contributed by atoms with Crippen LogP contribution in [0.1, 0.15) is 61.6 Å². The van der Waals surface area contributed by atoms with E-state index in [1.807, 2.05) is 23.5 Å². The van der Waals surface area contributed by atoms with Crippen LogP contribution in [0.3, 0.4) is 0 Å². The van der Waals surface area contributed by atoms with Crippen molar-refractivity contribution in [2.45, 2.75) is 51.5 Å². The Labute approximate surface area is 298 Å². The van der Waals surface area contributed by atoms with Crippen LogP contribution < -0.4 is 21.9 Å². The number of hydrogen-bond acceptors (Lipinski definition) is 7. The minimum Gasteiger partial charge on any atom is -1.00 e. The number of rotatable bonds is 15. The van der Waals surface area contributed by atoms with Crippen LogP contribution in [0.25, 0.3) is 5.57 Å². The van der Waals surface area contributed by atoms with E-state index in [1.54, 1.807) is 0 Å². The Balaban J connectivity index is 0.00000500. The lowest BCUT2D eigenvalue weighted by atomic mass is 9.91. The molecular weight excluding hydrogens is 694 g/mol. The summed E-state index contributed by atoms with van der Waals surface area (Å²) >= 11 is 3.87. The molecule has 0 radical (unpaired) electrons. The highest BCUT2D eigenvalue weighted by atomic mass is 79.9. The highest BCUT2D eigenvalue weighted by Gasteiger charge is 2.33. The van der Waals surface area contributed by atoms with Crippen LogP contribution in [-0.4, -0.2) is 66.5 Å². The first-order valence-electron chi connectivity index (χ1n) is 16.1. The molecule has 0 atom stereocenters. The average Bonchev–Trinajstić information content (AvgIpc) is 3.36. The molecule has 2 amide bonds. The molecule has 1 fully saturated rings. The number of carbonyl (C=O) groups excluding carboxylic acids is 3. The number of thioether (sulfide) groups is 2. The molecule has 0 N–H and O–H groups in total. The molecular formula is C37H44BrN3O4S2. The smallest absolute Gasteiger partial charge is 0.333 e. The summed E-state index contributed by atoms with van der Waals surface area (Å²) in [5.74, 6) is 0.560. The first-order chi connectivity index (χ1) is 22.2. The topological polar surface area (TPSA) is 66.9 Å². The molecule has 2 aliphatic heterocycles. The van der Waals surface area contributed by atoms with Gasteiger partial charge in [-0.3, -0.25) is 9.59 Å². The fourth-order valence-corrected chi connectivity index (χ4v) is 8.23. The van der Waals surface area contributed by atoms with E-state index in [0.29, 0.717) is 11.5 Å². The lowest BCUT2D eigenvalue weighted by molar-refractivity contribution is -0.870. The number of quaternary nitrogens is 1. The van der Waals surface area contributed by atoms with Gasteiger partial charge in [-0.25, -0.2) is 4.79 Å². The molecule has 3 aromatic carbocycles. The molecule has 0 unspecified atom stereocenters. The number of benzene rings is 3. The summed E-state index contributed by atoms with van der Waals surface area (Å²) in [6.45, 7) is 1.91. The molecule has 3 aromatic rings. The molecule has 2 aliphatic rings. The van der Waals surface area contributed by atoms with Crippen molar-refractivity contribution in [1.29, 1.82) is 0 Å². The van der Waals surface area contributed by atoms with Gasteiger partial charge in [-0.15, -0.1) is 28.6 Å². The van der Waals surface area contributed by atoms with Gasteiger partial charge in [0.15, 0.2) is 0 Å². The summed E-state index contributed by atoms with van der Waals surface area (Å²) < 4.78 is 2.29. The van der Waals surface area contributed by atoms with Crippen LogP contribution in [0, 0.1) is 0 Å². The van der Waals surface area contributed by atoms with Gasteiger partial charge in [0.2, 0.25) is 0 Å². The quantitative estimate of drug-likeness (QED) is 0.126. The van der Waals surface area contributed by atoms with Gasteiger partial charge in [0.05, 0.1) is 27.7 Å². The van der Waals surface area contributed by atoms with E-state index in [4.69, 9.17) is 4.84 Å². The molecule has 250 valence electrons.